The number of ketones is 2. The second-order valence-electron chi connectivity index (χ2n) is 10.4. The molecule has 0 saturated carbocycles. The van der Waals surface area contributed by atoms with E-state index in [-0.39, 0.29) is 29.0 Å². The van der Waals surface area contributed by atoms with Crippen LogP contribution in [0.1, 0.15) is 41.0 Å². The van der Waals surface area contributed by atoms with Crippen LogP contribution in [0.15, 0.2) is 58.9 Å². The van der Waals surface area contributed by atoms with E-state index in [1.165, 1.54) is 13.2 Å². The Kier molecular flexibility index (Phi) is 12.2. The molecule has 3 N–H and O–H groups in total. The highest BCUT2D eigenvalue weighted by Crippen LogP contribution is 2.30. The molecule has 2 rings (SSSR count). The van der Waals surface area contributed by atoms with Crippen molar-refractivity contribution in [2.75, 3.05) is 21.3 Å². The third-order valence-corrected chi connectivity index (χ3v) is 7.29. The Bertz CT molecular complexity index is 1130. The van der Waals surface area contributed by atoms with Crippen molar-refractivity contribution in [3.8, 4) is 0 Å². The third kappa shape index (κ3) is 8.33. The standard InChI is InChI=1S/C30H42N2O8/c1-16-10-9-11-17(2)29(35)32-23-15-21(33)14-22(25(23)34)27(38-7)20(5)13-24(37-6)28(39-8)19(4)12-18(3)26(16)40-30(31)36/h9-12,14-16,19-20,24,26-28H,13H2,1-8H3,(H2,31,36)(H,32,35)/b10-9+,17-11-,18-12+/t16-,19-,20-,24+,26-,27-,28-/m1/s1. The summed E-state index contributed by atoms with van der Waals surface area (Å²) in [6.45, 7) is 9.17. The molecule has 2 aliphatic rings. The molecule has 2 bridgehead atoms. The summed E-state index contributed by atoms with van der Waals surface area (Å²) in [5, 5.41) is 2.56. The van der Waals surface area contributed by atoms with Gasteiger partial charge in [-0.2, -0.15) is 0 Å². The molecule has 0 fully saturated rings. The molecule has 0 aromatic heterocycles. The van der Waals surface area contributed by atoms with Crippen molar-refractivity contribution in [1.29, 1.82) is 0 Å². The number of allylic oxidation sites excluding steroid dienone is 5. The first kappa shape index (κ1) is 32.9. The van der Waals surface area contributed by atoms with Gasteiger partial charge >= 0.3 is 6.09 Å². The number of amides is 2. The molecular formula is C30H42N2O8. The quantitative estimate of drug-likeness (QED) is 0.395. The first-order chi connectivity index (χ1) is 18.8. The van der Waals surface area contributed by atoms with Gasteiger partial charge in [0.1, 0.15) is 6.10 Å². The van der Waals surface area contributed by atoms with Gasteiger partial charge in [0, 0.05) is 50.4 Å². The van der Waals surface area contributed by atoms with Crippen LogP contribution in [-0.2, 0) is 33.3 Å². The Hall–Kier alpha value is -3.34. The number of Topliss-reactive ketones (excluding diaryl/α,β-unsaturated/α-hetero) is 1. The SMILES string of the molecule is CO[C@@H]1[C@H](C)/C=C(\C)[C@H](OC(N)=O)[C@H](C)/C=C/C=C(/C)C(=O)NC2=CC(=O)C=C(C2=O)[C@H](OC)[C@H](C)C[C@@H]1OC. The fourth-order valence-corrected chi connectivity index (χ4v) is 5.27. The Labute approximate surface area is 236 Å². The maximum Gasteiger partial charge on any atom is 0.405 e. The summed E-state index contributed by atoms with van der Waals surface area (Å²) >= 11 is 0. The fraction of sp³-hybridized carbons (Fsp3) is 0.533. The summed E-state index contributed by atoms with van der Waals surface area (Å²) in [6.07, 6.45) is 6.65. The maximum absolute atomic E-state index is 13.4. The Balaban J connectivity index is 2.62. The Morgan fingerprint density at radius 2 is 1.62 bits per heavy atom. The Morgan fingerprint density at radius 3 is 2.20 bits per heavy atom. The van der Waals surface area contributed by atoms with Crippen LogP contribution in [-0.4, -0.2) is 69.3 Å². The molecule has 10 nitrogen and oxygen atoms in total. The molecule has 0 radical (unpaired) electrons. The molecule has 0 aromatic carbocycles. The zero-order valence-corrected chi connectivity index (χ0v) is 24.6. The molecule has 0 unspecified atom stereocenters. The number of methoxy groups -OCH3 is 3. The van der Waals surface area contributed by atoms with Crippen molar-refractivity contribution in [2.45, 2.75) is 65.5 Å². The highest BCUT2D eigenvalue weighted by atomic mass is 16.6. The van der Waals surface area contributed by atoms with Crippen molar-refractivity contribution in [3.05, 3.63) is 58.9 Å². The third-order valence-electron chi connectivity index (χ3n) is 7.29. The lowest BCUT2D eigenvalue weighted by molar-refractivity contribution is -0.120. The minimum atomic E-state index is -0.902. The molecule has 2 amide bonds. The van der Waals surface area contributed by atoms with Crippen LogP contribution in [0.3, 0.4) is 0 Å². The van der Waals surface area contributed by atoms with E-state index in [9.17, 15) is 19.2 Å². The van der Waals surface area contributed by atoms with E-state index in [1.54, 1.807) is 39.4 Å². The summed E-state index contributed by atoms with van der Waals surface area (Å²) in [4.78, 5) is 50.5. The highest BCUT2D eigenvalue weighted by molar-refractivity contribution is 6.22. The summed E-state index contributed by atoms with van der Waals surface area (Å²) in [6, 6.07) is 0. The molecule has 0 saturated heterocycles. The van der Waals surface area contributed by atoms with E-state index in [1.807, 2.05) is 33.8 Å². The number of nitrogens with one attached hydrogen (secondary N) is 1. The molecule has 0 aromatic rings. The summed E-state index contributed by atoms with van der Waals surface area (Å²) in [5.74, 6) is -2.19. The van der Waals surface area contributed by atoms with Gasteiger partial charge in [-0.05, 0) is 37.8 Å². The molecule has 0 spiro atoms. The first-order valence-electron chi connectivity index (χ1n) is 13.3. The van der Waals surface area contributed by atoms with E-state index in [2.05, 4.69) is 5.32 Å². The van der Waals surface area contributed by atoms with Gasteiger partial charge < -0.3 is 30.0 Å². The summed E-state index contributed by atoms with van der Waals surface area (Å²) < 4.78 is 22.9. The minimum Gasteiger partial charge on any atom is -0.441 e. The normalized spacial score (nSPS) is 34.4. The summed E-state index contributed by atoms with van der Waals surface area (Å²) in [5.41, 5.74) is 6.49. The molecule has 1 heterocycles. The molecule has 7 atom stereocenters. The van der Waals surface area contributed by atoms with E-state index < -0.39 is 48.0 Å². The molecular weight excluding hydrogens is 516 g/mol. The molecule has 10 heteroatoms. The van der Waals surface area contributed by atoms with E-state index in [0.29, 0.717) is 12.0 Å². The molecule has 40 heavy (non-hydrogen) atoms. The van der Waals surface area contributed by atoms with E-state index in [4.69, 9.17) is 24.7 Å². The van der Waals surface area contributed by atoms with E-state index in [0.717, 1.165) is 11.6 Å². The van der Waals surface area contributed by atoms with Gasteiger partial charge in [0.2, 0.25) is 5.78 Å². The zero-order chi connectivity index (χ0) is 30.1. The number of nitrogens with two attached hydrogens (primary N) is 1. The van der Waals surface area contributed by atoms with Gasteiger partial charge in [-0.3, -0.25) is 14.4 Å². The average molecular weight is 559 g/mol. The molecule has 1 aliphatic carbocycles. The number of ether oxygens (including phenoxy) is 4. The number of carbonyl (C=O) groups excluding carboxylic acids is 4. The van der Waals surface area contributed by atoms with E-state index >= 15 is 0 Å². The van der Waals surface area contributed by atoms with Gasteiger partial charge in [-0.15, -0.1) is 0 Å². The van der Waals surface area contributed by atoms with Crippen molar-refractivity contribution >= 4 is 23.6 Å². The number of hydrogen-bond acceptors (Lipinski definition) is 8. The van der Waals surface area contributed by atoms with Gasteiger partial charge in [0.05, 0.1) is 24.0 Å². The van der Waals surface area contributed by atoms with Crippen molar-refractivity contribution in [1.82, 2.24) is 5.32 Å². The second-order valence-corrected chi connectivity index (χ2v) is 10.4. The predicted molar refractivity (Wildman–Crippen MR) is 150 cm³/mol. The van der Waals surface area contributed by atoms with Crippen molar-refractivity contribution in [3.63, 3.8) is 0 Å². The second kappa shape index (κ2) is 14.9. The van der Waals surface area contributed by atoms with Crippen molar-refractivity contribution in [2.24, 2.45) is 23.5 Å². The van der Waals surface area contributed by atoms with Gasteiger partial charge in [0.25, 0.3) is 5.91 Å². The topological polar surface area (TPSA) is 143 Å². The van der Waals surface area contributed by atoms with Crippen LogP contribution in [0.25, 0.3) is 0 Å². The lowest BCUT2D eigenvalue weighted by Crippen LogP contribution is -2.40. The zero-order valence-electron chi connectivity index (χ0n) is 24.6. The van der Waals surface area contributed by atoms with Gasteiger partial charge in [0.15, 0.2) is 5.78 Å². The smallest absolute Gasteiger partial charge is 0.405 e. The number of rotatable bonds is 4. The van der Waals surface area contributed by atoms with Crippen LogP contribution in [0.2, 0.25) is 0 Å². The minimum absolute atomic E-state index is 0.119. The lowest BCUT2D eigenvalue weighted by Gasteiger charge is -2.34. The number of fused-ring (bicyclic) bond motifs is 2. The van der Waals surface area contributed by atoms with Gasteiger partial charge in [-0.25, -0.2) is 4.79 Å². The maximum atomic E-state index is 13.4. The largest absolute Gasteiger partial charge is 0.441 e. The Morgan fingerprint density at radius 1 is 0.950 bits per heavy atom. The lowest BCUT2D eigenvalue weighted by atomic mass is 9.83. The highest BCUT2D eigenvalue weighted by Gasteiger charge is 2.36. The summed E-state index contributed by atoms with van der Waals surface area (Å²) in [7, 11) is 4.64. The molecule has 220 valence electrons. The van der Waals surface area contributed by atoms with Crippen molar-refractivity contribution < 1.29 is 38.1 Å². The fourth-order valence-electron chi connectivity index (χ4n) is 5.27. The monoisotopic (exact) mass is 558 g/mol. The number of primary amides is 1. The van der Waals surface area contributed by atoms with Crippen LogP contribution in [0, 0.1) is 17.8 Å². The van der Waals surface area contributed by atoms with Crippen LogP contribution < -0.4 is 11.1 Å². The number of carbonyl (C=O) groups is 4. The van der Waals surface area contributed by atoms with Gasteiger partial charge in [-0.1, -0.05) is 45.1 Å². The van der Waals surface area contributed by atoms with Crippen LogP contribution in [0.5, 0.6) is 0 Å². The first-order valence-corrected chi connectivity index (χ1v) is 13.3. The van der Waals surface area contributed by atoms with Crippen LogP contribution >= 0.6 is 0 Å². The predicted octanol–water partition coefficient (Wildman–Crippen LogP) is 3.33. The van der Waals surface area contributed by atoms with Crippen LogP contribution in [0.4, 0.5) is 4.79 Å². The number of hydrogen-bond donors (Lipinski definition) is 2. The average Bonchev–Trinajstić information content (AvgIpc) is 2.88. The molecule has 1 aliphatic heterocycles.